The summed E-state index contributed by atoms with van der Waals surface area (Å²) in [5, 5.41) is 11.8. The molecule has 0 unspecified atom stereocenters. The second-order valence-corrected chi connectivity index (χ2v) is 11.9. The van der Waals surface area contributed by atoms with E-state index >= 15 is 0 Å². The fourth-order valence-corrected chi connectivity index (χ4v) is 6.35. The van der Waals surface area contributed by atoms with E-state index in [1.54, 1.807) is 37.3 Å². The molecule has 3 aromatic rings. The highest BCUT2D eigenvalue weighted by Gasteiger charge is 2.32. The van der Waals surface area contributed by atoms with Gasteiger partial charge in [-0.25, -0.2) is 16.8 Å². The lowest BCUT2D eigenvalue weighted by Gasteiger charge is -2.17. The molecule has 9 nitrogen and oxygen atoms in total. The summed E-state index contributed by atoms with van der Waals surface area (Å²) in [6.07, 6.45) is 0.971. The molecule has 0 bridgehead atoms. The van der Waals surface area contributed by atoms with Crippen LogP contribution in [0.2, 0.25) is 0 Å². The molecule has 11 heteroatoms. The number of rotatable bonds is 8. The van der Waals surface area contributed by atoms with Crippen LogP contribution in [-0.2, 0) is 29.3 Å². The summed E-state index contributed by atoms with van der Waals surface area (Å²) in [6.45, 7) is 1.12. The van der Waals surface area contributed by atoms with Gasteiger partial charge in [0.1, 0.15) is 5.70 Å². The smallest absolute Gasteiger partial charge is 0.277 e. The van der Waals surface area contributed by atoms with Gasteiger partial charge in [-0.2, -0.15) is 0 Å². The Bertz CT molecular complexity index is 1580. The van der Waals surface area contributed by atoms with Gasteiger partial charge in [-0.1, -0.05) is 35.9 Å². The normalized spacial score (nSPS) is 14.2. The lowest BCUT2D eigenvalue weighted by atomic mass is 10.2. The monoisotopic (exact) mass is 526 g/mol. The molecule has 186 valence electrons. The van der Waals surface area contributed by atoms with Crippen molar-refractivity contribution in [1.29, 1.82) is 0 Å². The molecule has 0 radical (unpaired) electrons. The SMILES string of the molecule is Cc1ccc(S(=O)(=O)c2ccc(S(=O)(=O)c3ccccc3)cc2NC2=CC(=O)N(CCO)C2=O)cc1. The third-order valence-electron chi connectivity index (χ3n) is 5.54. The van der Waals surface area contributed by atoms with E-state index in [2.05, 4.69) is 5.32 Å². The predicted octanol–water partition coefficient (Wildman–Crippen LogP) is 2.32. The fourth-order valence-electron chi connectivity index (χ4n) is 3.64. The standard InChI is InChI=1S/C25H22N2O7S2/c1-17-7-9-19(10-8-17)36(33,34)23-12-11-20(35(31,32)18-5-3-2-4-6-18)15-21(23)26-22-16-24(29)27(13-14-28)25(22)30/h2-12,15-16,26,28H,13-14H2,1H3. The first kappa shape index (κ1) is 25.3. The topological polar surface area (TPSA) is 138 Å². The third kappa shape index (κ3) is 4.68. The molecule has 2 N–H and O–H groups in total. The average molecular weight is 527 g/mol. The molecule has 1 heterocycles. The molecule has 36 heavy (non-hydrogen) atoms. The van der Waals surface area contributed by atoms with Crippen molar-refractivity contribution in [2.45, 2.75) is 26.5 Å². The molecule has 0 saturated carbocycles. The zero-order valence-corrected chi connectivity index (χ0v) is 20.7. The van der Waals surface area contributed by atoms with E-state index in [-0.39, 0.29) is 37.5 Å². The van der Waals surface area contributed by atoms with Gasteiger partial charge in [0.05, 0.1) is 38.4 Å². The Labute approximate surface area is 208 Å². The van der Waals surface area contributed by atoms with Crippen LogP contribution in [0.5, 0.6) is 0 Å². The Morgan fingerprint density at radius 1 is 0.806 bits per heavy atom. The number of nitrogens with zero attached hydrogens (tertiary/aromatic N) is 1. The summed E-state index contributed by atoms with van der Waals surface area (Å²) in [6, 6.07) is 17.2. The molecule has 4 rings (SSSR count). The number of aliphatic hydroxyl groups is 1. The lowest BCUT2D eigenvalue weighted by Crippen LogP contribution is -2.34. The predicted molar refractivity (Wildman–Crippen MR) is 130 cm³/mol. The maximum atomic E-state index is 13.5. The number of hydrogen-bond acceptors (Lipinski definition) is 8. The molecule has 1 aliphatic rings. The number of nitrogens with one attached hydrogen (secondary N) is 1. The van der Waals surface area contributed by atoms with Crippen LogP contribution < -0.4 is 5.32 Å². The number of β-amino-alcohol motifs (C(OH)–C–C–N with tert-alkyl or cyclic N) is 1. The highest BCUT2D eigenvalue weighted by atomic mass is 32.2. The van der Waals surface area contributed by atoms with Gasteiger partial charge in [-0.05, 0) is 49.4 Å². The van der Waals surface area contributed by atoms with Gasteiger partial charge in [0.15, 0.2) is 0 Å². The third-order valence-corrected chi connectivity index (χ3v) is 9.13. The van der Waals surface area contributed by atoms with E-state index in [0.717, 1.165) is 28.7 Å². The Morgan fingerprint density at radius 2 is 1.42 bits per heavy atom. The number of benzene rings is 3. The summed E-state index contributed by atoms with van der Waals surface area (Å²) in [7, 11) is -8.16. The van der Waals surface area contributed by atoms with Gasteiger partial charge in [0.25, 0.3) is 11.8 Å². The summed E-state index contributed by atoms with van der Waals surface area (Å²) in [5.41, 5.74) is 0.412. The van der Waals surface area contributed by atoms with Gasteiger partial charge in [0.2, 0.25) is 19.7 Å². The molecule has 3 aromatic carbocycles. The zero-order valence-electron chi connectivity index (χ0n) is 19.1. The van der Waals surface area contributed by atoms with Crippen LogP contribution in [0.1, 0.15) is 5.56 Å². The number of aryl methyl sites for hydroxylation is 1. The molecular weight excluding hydrogens is 504 g/mol. The largest absolute Gasteiger partial charge is 0.395 e. The number of aliphatic hydroxyl groups excluding tert-OH is 1. The Kier molecular flexibility index (Phi) is 6.81. The number of amides is 2. The molecule has 0 fully saturated rings. The first-order valence-corrected chi connectivity index (χ1v) is 13.7. The van der Waals surface area contributed by atoms with Crippen LogP contribution in [0.15, 0.2) is 104 Å². The summed E-state index contributed by atoms with van der Waals surface area (Å²) < 4.78 is 53.4. The van der Waals surface area contributed by atoms with Crippen molar-refractivity contribution in [3.63, 3.8) is 0 Å². The van der Waals surface area contributed by atoms with Crippen LogP contribution in [0.25, 0.3) is 0 Å². The van der Waals surface area contributed by atoms with Gasteiger partial charge in [0, 0.05) is 6.08 Å². The molecule has 0 spiro atoms. The van der Waals surface area contributed by atoms with E-state index in [9.17, 15) is 26.4 Å². The van der Waals surface area contributed by atoms with Crippen molar-refractivity contribution in [3.8, 4) is 0 Å². The van der Waals surface area contributed by atoms with Crippen molar-refractivity contribution in [3.05, 3.63) is 90.1 Å². The number of hydrogen-bond donors (Lipinski definition) is 2. The first-order valence-electron chi connectivity index (χ1n) is 10.8. The van der Waals surface area contributed by atoms with Crippen LogP contribution in [-0.4, -0.2) is 51.8 Å². The second kappa shape index (κ2) is 9.69. The molecule has 0 aliphatic carbocycles. The molecule has 0 saturated heterocycles. The highest BCUT2D eigenvalue weighted by molar-refractivity contribution is 7.92. The lowest BCUT2D eigenvalue weighted by molar-refractivity contribution is -0.137. The Hall–Kier alpha value is -3.80. The molecule has 0 atom stereocenters. The average Bonchev–Trinajstić information content (AvgIpc) is 3.12. The highest BCUT2D eigenvalue weighted by Crippen LogP contribution is 2.33. The molecule has 0 aromatic heterocycles. The van der Waals surface area contributed by atoms with Crippen molar-refractivity contribution >= 4 is 37.2 Å². The first-order chi connectivity index (χ1) is 17.1. The van der Waals surface area contributed by atoms with E-state index in [0.29, 0.717) is 0 Å². The molecule has 1 aliphatic heterocycles. The number of carbonyl (C=O) groups excluding carboxylic acids is 2. The van der Waals surface area contributed by atoms with E-state index in [4.69, 9.17) is 5.11 Å². The minimum atomic E-state index is -4.14. The van der Waals surface area contributed by atoms with Gasteiger partial charge in [-0.15, -0.1) is 0 Å². The Balaban J connectivity index is 1.85. The number of carbonyl (C=O) groups is 2. The quantitative estimate of drug-likeness (QED) is 0.427. The van der Waals surface area contributed by atoms with Gasteiger partial charge >= 0.3 is 0 Å². The molecular formula is C25H22N2O7S2. The van der Waals surface area contributed by atoms with Crippen LogP contribution in [0.3, 0.4) is 0 Å². The van der Waals surface area contributed by atoms with Crippen molar-refractivity contribution in [2.24, 2.45) is 0 Å². The minimum Gasteiger partial charge on any atom is -0.395 e. The number of imide groups is 1. The zero-order chi connectivity index (χ0) is 26.1. The summed E-state index contributed by atoms with van der Waals surface area (Å²) in [4.78, 5) is 25.1. The van der Waals surface area contributed by atoms with Crippen LogP contribution in [0, 0.1) is 6.92 Å². The van der Waals surface area contributed by atoms with Crippen molar-refractivity contribution < 1.29 is 31.5 Å². The minimum absolute atomic E-state index is 0.00514. The van der Waals surface area contributed by atoms with Gasteiger partial charge < -0.3 is 10.4 Å². The maximum Gasteiger partial charge on any atom is 0.277 e. The van der Waals surface area contributed by atoms with Crippen LogP contribution >= 0.6 is 0 Å². The van der Waals surface area contributed by atoms with Crippen molar-refractivity contribution in [1.82, 2.24) is 4.90 Å². The summed E-state index contributed by atoms with van der Waals surface area (Å²) in [5.74, 6) is -1.46. The number of sulfone groups is 2. The van der Waals surface area contributed by atoms with Gasteiger partial charge in [-0.3, -0.25) is 14.5 Å². The maximum absolute atomic E-state index is 13.5. The van der Waals surface area contributed by atoms with E-state index in [1.165, 1.54) is 30.3 Å². The Morgan fingerprint density at radius 3 is 2.06 bits per heavy atom. The van der Waals surface area contributed by atoms with E-state index in [1.807, 2.05) is 0 Å². The summed E-state index contributed by atoms with van der Waals surface area (Å²) >= 11 is 0. The second-order valence-electron chi connectivity index (χ2n) is 7.99. The number of anilines is 1. The van der Waals surface area contributed by atoms with E-state index < -0.39 is 38.1 Å². The fraction of sp³-hybridized carbons (Fsp3) is 0.120. The molecule has 2 amide bonds. The van der Waals surface area contributed by atoms with Crippen molar-refractivity contribution in [2.75, 3.05) is 18.5 Å². The van der Waals surface area contributed by atoms with Crippen LogP contribution in [0.4, 0.5) is 5.69 Å².